The van der Waals surface area contributed by atoms with Crippen LogP contribution < -0.4 is 5.73 Å². The highest BCUT2D eigenvalue weighted by Crippen LogP contribution is 2.20. The van der Waals surface area contributed by atoms with Gasteiger partial charge in [-0.3, -0.25) is 4.79 Å². The maximum absolute atomic E-state index is 12.6. The molecule has 4 nitrogen and oxygen atoms in total. The summed E-state index contributed by atoms with van der Waals surface area (Å²) >= 11 is 4.59. The van der Waals surface area contributed by atoms with Gasteiger partial charge in [0.1, 0.15) is 5.69 Å². The third-order valence-corrected chi connectivity index (χ3v) is 5.28. The van der Waals surface area contributed by atoms with Gasteiger partial charge in [0.25, 0.3) is 5.91 Å². The van der Waals surface area contributed by atoms with Gasteiger partial charge in [-0.05, 0) is 22.9 Å². The van der Waals surface area contributed by atoms with E-state index < -0.39 is 0 Å². The lowest BCUT2D eigenvalue weighted by Crippen LogP contribution is -2.29. The quantitative estimate of drug-likeness (QED) is 0.773. The molecule has 2 N–H and O–H groups in total. The molecule has 108 valence electrons. The number of thiophene rings is 2. The van der Waals surface area contributed by atoms with Crippen molar-refractivity contribution in [1.29, 1.82) is 0 Å². The van der Waals surface area contributed by atoms with Crippen molar-refractivity contribution in [1.82, 2.24) is 9.88 Å². The van der Waals surface area contributed by atoms with Gasteiger partial charge >= 0.3 is 0 Å². The van der Waals surface area contributed by atoms with Crippen molar-refractivity contribution in [2.24, 2.45) is 0 Å². The average Bonchev–Trinajstić information content (AvgIpc) is 3.19. The van der Waals surface area contributed by atoms with Gasteiger partial charge in [-0.2, -0.15) is 0 Å². The Morgan fingerprint density at radius 2 is 1.71 bits per heavy atom. The number of anilines is 1. The molecule has 0 saturated heterocycles. The monoisotopic (exact) mass is 335 g/mol. The van der Waals surface area contributed by atoms with Crippen molar-refractivity contribution in [3.63, 3.8) is 0 Å². The lowest BCUT2D eigenvalue weighted by Gasteiger charge is -2.20. The van der Waals surface area contributed by atoms with Gasteiger partial charge in [-0.1, -0.05) is 12.1 Å². The Hall–Kier alpha value is -1.70. The van der Waals surface area contributed by atoms with Crippen molar-refractivity contribution >= 4 is 45.0 Å². The summed E-state index contributed by atoms with van der Waals surface area (Å²) < 4.78 is 0. The Morgan fingerprint density at radius 3 is 2.14 bits per heavy atom. The summed E-state index contributed by atoms with van der Waals surface area (Å²) in [5.41, 5.74) is 6.05. The molecular formula is C14H13N3OS3. The first kappa shape index (κ1) is 14.2. The summed E-state index contributed by atoms with van der Waals surface area (Å²) in [5, 5.41) is 6.17. The number of nitrogen functional groups attached to an aromatic ring is 1. The number of rotatable bonds is 5. The first-order chi connectivity index (χ1) is 10.2. The van der Waals surface area contributed by atoms with E-state index in [-0.39, 0.29) is 5.91 Å². The summed E-state index contributed by atoms with van der Waals surface area (Å²) in [6.07, 6.45) is 0. The standard InChI is InChI=1S/C14H13N3OS3/c15-14-16-12(9-21-14)13(18)17(7-10-3-1-5-19-10)8-11-4-2-6-20-11/h1-6,9H,7-8H2,(H2,15,16). The van der Waals surface area contributed by atoms with Crippen molar-refractivity contribution in [2.45, 2.75) is 13.1 Å². The van der Waals surface area contributed by atoms with Crippen LogP contribution in [-0.2, 0) is 13.1 Å². The van der Waals surface area contributed by atoms with Crippen molar-refractivity contribution in [3.05, 3.63) is 55.9 Å². The Labute approximate surface area is 134 Å². The minimum Gasteiger partial charge on any atom is -0.375 e. The number of nitrogens with two attached hydrogens (primary N) is 1. The van der Waals surface area contributed by atoms with Crippen LogP contribution in [0.4, 0.5) is 5.13 Å². The molecule has 0 unspecified atom stereocenters. The number of carbonyl (C=O) groups excluding carboxylic acids is 1. The zero-order valence-electron chi connectivity index (χ0n) is 11.1. The van der Waals surface area contributed by atoms with E-state index in [1.54, 1.807) is 28.1 Å². The maximum Gasteiger partial charge on any atom is 0.274 e. The number of carbonyl (C=O) groups is 1. The molecule has 0 atom stereocenters. The van der Waals surface area contributed by atoms with E-state index in [9.17, 15) is 4.79 Å². The Kier molecular flexibility index (Phi) is 4.33. The summed E-state index contributed by atoms with van der Waals surface area (Å²) in [6.45, 7) is 1.18. The third-order valence-electron chi connectivity index (χ3n) is 2.88. The molecule has 1 amide bonds. The Balaban J connectivity index is 1.82. The number of nitrogens with zero attached hydrogens (tertiary/aromatic N) is 2. The molecule has 3 aromatic heterocycles. The van der Waals surface area contributed by atoms with Crippen LogP contribution in [0.5, 0.6) is 0 Å². The highest BCUT2D eigenvalue weighted by atomic mass is 32.1. The van der Waals surface area contributed by atoms with Gasteiger partial charge in [0.05, 0.1) is 13.1 Å². The third kappa shape index (κ3) is 3.49. The van der Waals surface area contributed by atoms with Crippen molar-refractivity contribution in [2.75, 3.05) is 5.73 Å². The van der Waals surface area contributed by atoms with Crippen molar-refractivity contribution < 1.29 is 4.79 Å². The van der Waals surface area contributed by atoms with E-state index in [2.05, 4.69) is 4.98 Å². The molecule has 0 radical (unpaired) electrons. The van der Waals surface area contributed by atoms with Crippen molar-refractivity contribution in [3.8, 4) is 0 Å². The number of aromatic nitrogens is 1. The van der Waals surface area contributed by atoms with Gasteiger partial charge in [-0.25, -0.2) is 4.98 Å². The molecule has 3 rings (SSSR count). The fourth-order valence-corrected chi connectivity index (χ4v) is 3.90. The Bertz CT molecular complexity index is 668. The van der Waals surface area contributed by atoms with Gasteiger partial charge in [0.15, 0.2) is 5.13 Å². The van der Waals surface area contributed by atoms with Crippen LogP contribution in [0.2, 0.25) is 0 Å². The minimum absolute atomic E-state index is 0.0789. The molecule has 3 aromatic rings. The molecule has 3 heterocycles. The van der Waals surface area contributed by atoms with Crippen LogP contribution >= 0.6 is 34.0 Å². The molecule has 0 bridgehead atoms. The first-order valence-electron chi connectivity index (χ1n) is 6.27. The van der Waals surface area contributed by atoms with Crippen LogP contribution in [0.15, 0.2) is 40.4 Å². The number of amides is 1. The lowest BCUT2D eigenvalue weighted by molar-refractivity contribution is 0.0728. The van der Waals surface area contributed by atoms with E-state index in [0.29, 0.717) is 23.9 Å². The normalized spacial score (nSPS) is 10.7. The zero-order chi connectivity index (χ0) is 14.7. The van der Waals surface area contributed by atoms with E-state index >= 15 is 0 Å². The molecule has 0 aliphatic heterocycles. The number of thiazole rings is 1. The molecule has 0 saturated carbocycles. The summed E-state index contributed by atoms with van der Waals surface area (Å²) in [7, 11) is 0. The van der Waals surface area contributed by atoms with E-state index in [4.69, 9.17) is 5.73 Å². The first-order valence-corrected chi connectivity index (χ1v) is 8.91. The highest BCUT2D eigenvalue weighted by molar-refractivity contribution is 7.13. The Morgan fingerprint density at radius 1 is 1.10 bits per heavy atom. The molecule has 0 aliphatic carbocycles. The number of hydrogen-bond acceptors (Lipinski definition) is 6. The topological polar surface area (TPSA) is 59.2 Å². The second kappa shape index (κ2) is 6.38. The van der Waals surface area contributed by atoms with E-state index in [0.717, 1.165) is 9.75 Å². The molecule has 21 heavy (non-hydrogen) atoms. The second-order valence-corrected chi connectivity index (χ2v) is 7.35. The average molecular weight is 335 g/mol. The predicted octanol–water partition coefficient (Wildman–Crippen LogP) is 3.69. The summed E-state index contributed by atoms with van der Waals surface area (Å²) in [6, 6.07) is 8.06. The fourth-order valence-electron chi connectivity index (χ4n) is 1.93. The molecule has 0 aromatic carbocycles. The molecule has 0 fully saturated rings. The highest BCUT2D eigenvalue weighted by Gasteiger charge is 2.20. The summed E-state index contributed by atoms with van der Waals surface area (Å²) in [5.74, 6) is -0.0789. The molecule has 7 heteroatoms. The minimum atomic E-state index is -0.0789. The van der Waals surface area contributed by atoms with Crippen LogP contribution in [0.25, 0.3) is 0 Å². The van der Waals surface area contributed by atoms with E-state index in [1.807, 2.05) is 39.9 Å². The fraction of sp³-hybridized carbons (Fsp3) is 0.143. The maximum atomic E-state index is 12.6. The SMILES string of the molecule is Nc1nc(C(=O)N(Cc2cccs2)Cc2cccs2)cs1. The van der Waals surface area contributed by atoms with Gasteiger partial charge in [-0.15, -0.1) is 34.0 Å². The lowest BCUT2D eigenvalue weighted by atomic mass is 10.3. The molecule has 0 aliphatic rings. The smallest absolute Gasteiger partial charge is 0.274 e. The molecule has 0 spiro atoms. The molecular weight excluding hydrogens is 322 g/mol. The largest absolute Gasteiger partial charge is 0.375 e. The number of hydrogen-bond donors (Lipinski definition) is 1. The van der Waals surface area contributed by atoms with Crippen LogP contribution in [0.1, 0.15) is 20.2 Å². The predicted molar refractivity (Wildman–Crippen MR) is 88.7 cm³/mol. The van der Waals surface area contributed by atoms with Gasteiger partial charge < -0.3 is 10.6 Å². The van der Waals surface area contributed by atoms with E-state index in [1.165, 1.54) is 11.3 Å². The second-order valence-electron chi connectivity index (χ2n) is 4.39. The summed E-state index contributed by atoms with van der Waals surface area (Å²) in [4.78, 5) is 20.9. The zero-order valence-corrected chi connectivity index (χ0v) is 13.5. The van der Waals surface area contributed by atoms with Crippen LogP contribution in [0.3, 0.4) is 0 Å². The van der Waals surface area contributed by atoms with Gasteiger partial charge in [0, 0.05) is 15.1 Å². The van der Waals surface area contributed by atoms with Crippen LogP contribution in [0, 0.1) is 0 Å². The van der Waals surface area contributed by atoms with Gasteiger partial charge in [0.2, 0.25) is 0 Å². The van der Waals surface area contributed by atoms with Crippen LogP contribution in [-0.4, -0.2) is 15.8 Å².